The molecule has 0 aromatic heterocycles. The molecule has 8 heteroatoms. The fourth-order valence-electron chi connectivity index (χ4n) is 4.57. The average Bonchev–Trinajstić information content (AvgIpc) is 3.24. The molecular weight excluding hydrogens is 426 g/mol. The second-order valence-electron chi connectivity index (χ2n) is 9.87. The number of benzene rings is 1. The minimum atomic E-state index is -0.894. The Kier molecular flexibility index (Phi) is 7.31. The lowest BCUT2D eigenvalue weighted by Crippen LogP contribution is -2.58. The first-order valence-electron chi connectivity index (χ1n) is 12.1. The second kappa shape index (κ2) is 9.88. The zero-order valence-electron chi connectivity index (χ0n) is 20.3. The maximum absolute atomic E-state index is 13.2. The Balaban J connectivity index is 1.35. The maximum Gasteiger partial charge on any atom is 0.256 e. The van der Waals surface area contributed by atoms with E-state index in [4.69, 9.17) is 28.4 Å². The molecule has 33 heavy (non-hydrogen) atoms. The monoisotopic (exact) mass is 463 g/mol. The molecule has 1 aromatic rings. The summed E-state index contributed by atoms with van der Waals surface area (Å²) in [6, 6.07) is 7.36. The SMILES string of the molecule is CCCCCCCOc1ccc(NC(=O)[C@@H]2O[C@@H]3OC(C)(C)O[C@@H]3[C@H]3OC(C)(C)O[C@@H]32)cc1. The van der Waals surface area contributed by atoms with E-state index in [9.17, 15) is 4.79 Å². The highest BCUT2D eigenvalue weighted by Crippen LogP contribution is 2.44. The van der Waals surface area contributed by atoms with E-state index >= 15 is 0 Å². The molecule has 0 unspecified atom stereocenters. The predicted octanol–water partition coefficient (Wildman–Crippen LogP) is 4.37. The Morgan fingerprint density at radius 3 is 2.24 bits per heavy atom. The van der Waals surface area contributed by atoms with Crippen molar-refractivity contribution in [2.75, 3.05) is 11.9 Å². The summed E-state index contributed by atoms with van der Waals surface area (Å²) in [6.07, 6.45) is 2.85. The van der Waals surface area contributed by atoms with Gasteiger partial charge in [0.15, 0.2) is 24.0 Å². The third-order valence-electron chi connectivity index (χ3n) is 6.05. The van der Waals surface area contributed by atoms with E-state index in [0.717, 1.165) is 12.2 Å². The van der Waals surface area contributed by atoms with E-state index in [1.807, 2.05) is 52.0 Å². The first-order valence-corrected chi connectivity index (χ1v) is 12.1. The molecule has 1 amide bonds. The lowest BCUT2D eigenvalue weighted by atomic mass is 9.98. The summed E-state index contributed by atoms with van der Waals surface area (Å²) in [5, 5.41) is 2.92. The highest BCUT2D eigenvalue weighted by Gasteiger charge is 2.62. The molecule has 3 heterocycles. The van der Waals surface area contributed by atoms with Gasteiger partial charge in [0.2, 0.25) is 0 Å². The van der Waals surface area contributed by atoms with Gasteiger partial charge >= 0.3 is 0 Å². The Morgan fingerprint density at radius 2 is 1.52 bits per heavy atom. The third kappa shape index (κ3) is 5.87. The van der Waals surface area contributed by atoms with E-state index in [1.54, 1.807) is 0 Å². The molecule has 3 saturated heterocycles. The van der Waals surface area contributed by atoms with Crippen LogP contribution in [0.4, 0.5) is 5.69 Å². The van der Waals surface area contributed by atoms with E-state index < -0.39 is 42.3 Å². The van der Waals surface area contributed by atoms with Crippen LogP contribution in [0.1, 0.15) is 66.7 Å². The topological polar surface area (TPSA) is 84.5 Å². The van der Waals surface area contributed by atoms with E-state index in [0.29, 0.717) is 12.3 Å². The minimum absolute atomic E-state index is 0.317. The number of ether oxygens (including phenoxy) is 6. The highest BCUT2D eigenvalue weighted by atomic mass is 16.9. The Morgan fingerprint density at radius 1 is 0.879 bits per heavy atom. The first kappa shape index (κ1) is 24.4. The van der Waals surface area contributed by atoms with E-state index in [-0.39, 0.29) is 5.91 Å². The highest BCUT2D eigenvalue weighted by molar-refractivity contribution is 5.94. The number of carbonyl (C=O) groups excluding carboxylic acids is 1. The second-order valence-corrected chi connectivity index (χ2v) is 9.87. The van der Waals surface area contributed by atoms with Crippen molar-refractivity contribution in [3.05, 3.63) is 24.3 Å². The van der Waals surface area contributed by atoms with Crippen molar-refractivity contribution in [1.29, 1.82) is 0 Å². The van der Waals surface area contributed by atoms with Crippen molar-refractivity contribution >= 4 is 11.6 Å². The van der Waals surface area contributed by atoms with Gasteiger partial charge in [-0.1, -0.05) is 32.6 Å². The van der Waals surface area contributed by atoms with Gasteiger partial charge in [0, 0.05) is 5.69 Å². The molecule has 3 fully saturated rings. The minimum Gasteiger partial charge on any atom is -0.494 e. The zero-order valence-corrected chi connectivity index (χ0v) is 20.3. The van der Waals surface area contributed by atoms with Crippen LogP contribution in [0.15, 0.2) is 24.3 Å². The van der Waals surface area contributed by atoms with Crippen LogP contribution in [0, 0.1) is 0 Å². The fraction of sp³-hybridized carbons (Fsp3) is 0.720. The first-order chi connectivity index (χ1) is 15.7. The van der Waals surface area contributed by atoms with Gasteiger partial charge in [-0.25, -0.2) is 0 Å². The van der Waals surface area contributed by atoms with E-state index in [1.165, 1.54) is 25.7 Å². The number of rotatable bonds is 9. The molecule has 3 aliphatic rings. The number of anilines is 1. The molecular formula is C25H37NO7. The molecule has 8 nitrogen and oxygen atoms in total. The summed E-state index contributed by atoms with van der Waals surface area (Å²) >= 11 is 0. The lowest BCUT2D eigenvalue weighted by molar-refractivity contribution is -0.229. The molecule has 5 atom stereocenters. The largest absolute Gasteiger partial charge is 0.494 e. The molecule has 0 aliphatic carbocycles. The number of nitrogens with one attached hydrogen (secondary N) is 1. The van der Waals surface area contributed by atoms with Crippen LogP contribution in [0.2, 0.25) is 0 Å². The number of fused-ring (bicyclic) bond motifs is 3. The summed E-state index contributed by atoms with van der Waals surface area (Å²) < 4.78 is 35.8. The van der Waals surface area contributed by atoms with Crippen LogP contribution < -0.4 is 10.1 Å². The average molecular weight is 464 g/mol. The summed E-state index contributed by atoms with van der Waals surface area (Å²) in [4.78, 5) is 13.2. The standard InChI is InChI=1S/C25H37NO7/c1-6-7-8-9-10-15-28-17-13-11-16(12-14-17)26-22(27)20-18-19(31-24(2,3)30-18)21-23(29-20)33-25(4,5)32-21/h11-14,18-21,23H,6-10,15H2,1-5H3,(H,26,27)/t18-,19-,20+,21+,23+/m0/s1. The molecule has 4 rings (SSSR count). The third-order valence-corrected chi connectivity index (χ3v) is 6.05. The quantitative estimate of drug-likeness (QED) is 0.544. The lowest BCUT2D eigenvalue weighted by Gasteiger charge is -2.36. The molecule has 0 spiro atoms. The molecule has 0 saturated carbocycles. The predicted molar refractivity (Wildman–Crippen MR) is 122 cm³/mol. The Labute approximate surface area is 196 Å². The van der Waals surface area contributed by atoms with Gasteiger partial charge in [0.1, 0.15) is 24.1 Å². The normalized spacial score (nSPS) is 31.6. The van der Waals surface area contributed by atoms with Gasteiger partial charge in [-0.2, -0.15) is 0 Å². The smallest absolute Gasteiger partial charge is 0.256 e. The van der Waals surface area contributed by atoms with E-state index in [2.05, 4.69) is 12.2 Å². The fourth-order valence-corrected chi connectivity index (χ4v) is 4.57. The van der Waals surface area contributed by atoms with Gasteiger partial charge in [-0.15, -0.1) is 0 Å². The van der Waals surface area contributed by atoms with Crippen LogP contribution in [-0.4, -0.2) is 54.8 Å². The number of hydrogen-bond acceptors (Lipinski definition) is 7. The van der Waals surface area contributed by atoms with Crippen LogP contribution in [0.25, 0.3) is 0 Å². The van der Waals surface area contributed by atoms with Gasteiger partial charge in [-0.3, -0.25) is 4.79 Å². The maximum atomic E-state index is 13.2. The number of hydrogen-bond donors (Lipinski definition) is 1. The number of unbranched alkanes of at least 4 members (excludes halogenated alkanes) is 4. The van der Waals surface area contributed by atoms with Crippen LogP contribution >= 0.6 is 0 Å². The van der Waals surface area contributed by atoms with Gasteiger partial charge in [-0.05, 0) is 58.4 Å². The summed E-state index contributed by atoms with van der Waals surface area (Å²) in [7, 11) is 0. The van der Waals surface area contributed by atoms with Gasteiger partial charge < -0.3 is 33.7 Å². The van der Waals surface area contributed by atoms with Crippen molar-refractivity contribution in [2.45, 2.75) is 109 Å². The molecule has 184 valence electrons. The summed E-state index contributed by atoms with van der Waals surface area (Å²) in [6.45, 7) is 10.2. The Hall–Kier alpha value is -1.71. The molecule has 1 N–H and O–H groups in total. The zero-order chi connectivity index (χ0) is 23.6. The van der Waals surface area contributed by atoms with Crippen molar-refractivity contribution < 1.29 is 33.2 Å². The van der Waals surface area contributed by atoms with Crippen LogP contribution in [-0.2, 0) is 28.5 Å². The van der Waals surface area contributed by atoms with Crippen LogP contribution in [0.3, 0.4) is 0 Å². The molecule has 1 aromatic carbocycles. The van der Waals surface area contributed by atoms with Gasteiger partial charge in [0.05, 0.1) is 6.61 Å². The summed E-state index contributed by atoms with van der Waals surface area (Å²) in [5.41, 5.74) is 0.652. The molecule has 3 aliphatic heterocycles. The van der Waals surface area contributed by atoms with Crippen molar-refractivity contribution in [3.63, 3.8) is 0 Å². The van der Waals surface area contributed by atoms with Crippen LogP contribution in [0.5, 0.6) is 5.75 Å². The van der Waals surface area contributed by atoms with Gasteiger partial charge in [0.25, 0.3) is 5.91 Å². The number of amides is 1. The van der Waals surface area contributed by atoms with Crippen molar-refractivity contribution in [2.24, 2.45) is 0 Å². The molecule has 0 radical (unpaired) electrons. The number of carbonyl (C=O) groups is 1. The van der Waals surface area contributed by atoms with Crippen molar-refractivity contribution in [3.8, 4) is 5.75 Å². The summed E-state index contributed by atoms with van der Waals surface area (Å²) in [5.74, 6) is -1.21. The Bertz CT molecular complexity index is 809. The molecule has 0 bridgehead atoms. The van der Waals surface area contributed by atoms with Crippen molar-refractivity contribution in [1.82, 2.24) is 0 Å².